The lowest BCUT2D eigenvalue weighted by Crippen LogP contribution is -1.92. The van der Waals surface area contributed by atoms with Gasteiger partial charge in [0.05, 0.1) is 19.8 Å². The van der Waals surface area contributed by atoms with Gasteiger partial charge in [0.25, 0.3) is 0 Å². The zero-order valence-electron chi connectivity index (χ0n) is 9.95. The molecule has 0 bridgehead atoms. The molecule has 0 aliphatic rings. The molecule has 1 rings (SSSR count). The fourth-order valence-corrected chi connectivity index (χ4v) is 1.20. The second-order valence-corrected chi connectivity index (χ2v) is 3.06. The van der Waals surface area contributed by atoms with Crippen LogP contribution in [0.25, 0.3) is 0 Å². The first kappa shape index (κ1) is 13.0. The summed E-state index contributed by atoms with van der Waals surface area (Å²) in [6, 6.07) is 5.44. The van der Waals surface area contributed by atoms with Crippen LogP contribution in [0.2, 0.25) is 0 Å². The summed E-state index contributed by atoms with van der Waals surface area (Å²) in [7, 11) is 3.21. The fourth-order valence-electron chi connectivity index (χ4n) is 1.20. The van der Waals surface area contributed by atoms with Gasteiger partial charge in [-0.2, -0.15) is 0 Å². The predicted molar refractivity (Wildman–Crippen MR) is 66.1 cm³/mol. The van der Waals surface area contributed by atoms with Crippen LogP contribution in [0.15, 0.2) is 18.2 Å². The molecule has 1 aromatic carbocycles. The Kier molecular flexibility index (Phi) is 5.51. The van der Waals surface area contributed by atoms with Gasteiger partial charge in [-0.3, -0.25) is 0 Å². The van der Waals surface area contributed by atoms with Crippen LogP contribution in [-0.2, 0) is 4.74 Å². The highest BCUT2D eigenvalue weighted by Gasteiger charge is 2.01. The van der Waals surface area contributed by atoms with Crippen molar-refractivity contribution in [1.82, 2.24) is 0 Å². The molecule has 0 heterocycles. The third kappa shape index (κ3) is 4.10. The Morgan fingerprint density at radius 3 is 2.65 bits per heavy atom. The van der Waals surface area contributed by atoms with E-state index in [1.807, 2.05) is 18.2 Å². The molecule has 1 aromatic rings. The average molecular weight is 230 g/mol. The molecule has 0 fully saturated rings. The maximum atomic E-state index is 5.19. The van der Waals surface area contributed by atoms with Gasteiger partial charge in [-0.15, -0.1) is 6.42 Å². The van der Waals surface area contributed by atoms with E-state index in [0.717, 1.165) is 11.3 Å². The molecule has 0 aliphatic carbocycles. The molecule has 0 radical (unpaired) electrons. The molecular weight excluding hydrogens is 216 g/mol. The highest BCUT2D eigenvalue weighted by atomic mass is 16.5. The molecule has 0 N–H and O–H groups in total. The van der Waals surface area contributed by atoms with E-state index < -0.39 is 0 Å². The summed E-state index contributed by atoms with van der Waals surface area (Å²) < 4.78 is 15.4. The highest BCUT2D eigenvalue weighted by Crippen LogP contribution is 2.22. The molecule has 0 aromatic heterocycles. The Balaban J connectivity index is 2.77. The van der Waals surface area contributed by atoms with Crippen molar-refractivity contribution in [1.29, 1.82) is 0 Å². The van der Waals surface area contributed by atoms with Crippen LogP contribution < -0.4 is 9.47 Å². The highest BCUT2D eigenvalue weighted by molar-refractivity contribution is 5.50. The number of benzene rings is 1. The van der Waals surface area contributed by atoms with Crippen LogP contribution in [0, 0.1) is 24.2 Å². The molecule has 88 valence electrons. The van der Waals surface area contributed by atoms with Crippen molar-refractivity contribution in [2.45, 2.75) is 0 Å². The summed E-state index contributed by atoms with van der Waals surface area (Å²) in [6.07, 6.45) is 5.05. The largest absolute Gasteiger partial charge is 0.497 e. The maximum Gasteiger partial charge on any atom is 0.134 e. The van der Waals surface area contributed by atoms with Crippen molar-refractivity contribution in [3.05, 3.63) is 23.8 Å². The van der Waals surface area contributed by atoms with Crippen LogP contribution in [0.4, 0.5) is 0 Å². The van der Waals surface area contributed by atoms with Crippen LogP contribution in [0.5, 0.6) is 11.5 Å². The van der Waals surface area contributed by atoms with Crippen molar-refractivity contribution in [2.24, 2.45) is 0 Å². The third-order valence-corrected chi connectivity index (χ3v) is 1.99. The number of rotatable bonds is 4. The van der Waals surface area contributed by atoms with Crippen molar-refractivity contribution in [2.75, 3.05) is 27.4 Å². The van der Waals surface area contributed by atoms with Gasteiger partial charge in [0.15, 0.2) is 0 Å². The van der Waals surface area contributed by atoms with E-state index in [-0.39, 0.29) is 6.61 Å². The standard InChI is InChI=1S/C14H14O3/c1-4-9-17-10-5-6-12-11-13(15-2)7-8-14(12)16-3/h1,7-8,11H,9-10H2,2-3H3. The zero-order valence-corrected chi connectivity index (χ0v) is 9.95. The van der Waals surface area contributed by atoms with E-state index in [1.54, 1.807) is 14.2 Å². The van der Waals surface area contributed by atoms with Gasteiger partial charge in [0, 0.05) is 0 Å². The van der Waals surface area contributed by atoms with Crippen LogP contribution in [-0.4, -0.2) is 27.4 Å². The minimum Gasteiger partial charge on any atom is -0.497 e. The first-order chi connectivity index (χ1) is 8.31. The number of methoxy groups -OCH3 is 2. The Hall–Kier alpha value is -2.10. The van der Waals surface area contributed by atoms with E-state index >= 15 is 0 Å². The van der Waals surface area contributed by atoms with Crippen molar-refractivity contribution in [3.8, 4) is 35.7 Å². The Labute approximate surface area is 102 Å². The summed E-state index contributed by atoms with van der Waals surface area (Å²) in [6.45, 7) is 0.564. The van der Waals surface area contributed by atoms with Crippen molar-refractivity contribution >= 4 is 0 Å². The van der Waals surface area contributed by atoms with E-state index in [0.29, 0.717) is 12.4 Å². The van der Waals surface area contributed by atoms with Gasteiger partial charge in [-0.05, 0) is 18.2 Å². The monoisotopic (exact) mass is 230 g/mol. The van der Waals surface area contributed by atoms with Gasteiger partial charge >= 0.3 is 0 Å². The van der Waals surface area contributed by atoms with Crippen molar-refractivity contribution in [3.63, 3.8) is 0 Å². The average Bonchev–Trinajstić information content (AvgIpc) is 2.38. The number of ether oxygens (including phenoxy) is 3. The molecule has 3 nitrogen and oxygen atoms in total. The Bertz CT molecular complexity index is 461. The predicted octanol–water partition coefficient (Wildman–Crippen LogP) is 1.71. The SMILES string of the molecule is C#CCOCC#Cc1cc(OC)ccc1OC. The number of hydrogen-bond acceptors (Lipinski definition) is 3. The van der Waals surface area contributed by atoms with Crippen LogP contribution in [0.3, 0.4) is 0 Å². The molecule has 0 saturated heterocycles. The zero-order chi connectivity index (χ0) is 12.5. The molecular formula is C14H14O3. The quantitative estimate of drug-likeness (QED) is 0.582. The number of terminal acetylenes is 1. The summed E-state index contributed by atoms with van der Waals surface area (Å²) in [4.78, 5) is 0. The van der Waals surface area contributed by atoms with E-state index in [9.17, 15) is 0 Å². The van der Waals surface area contributed by atoms with E-state index in [1.165, 1.54) is 0 Å². The minimum absolute atomic E-state index is 0.268. The van der Waals surface area contributed by atoms with Gasteiger partial charge in [0.1, 0.15) is 24.7 Å². The Morgan fingerprint density at radius 1 is 1.18 bits per heavy atom. The van der Waals surface area contributed by atoms with Crippen LogP contribution >= 0.6 is 0 Å². The second kappa shape index (κ2) is 7.22. The first-order valence-corrected chi connectivity index (χ1v) is 5.04. The molecule has 0 unspecified atom stereocenters. The molecule has 17 heavy (non-hydrogen) atoms. The summed E-state index contributed by atoms with van der Waals surface area (Å²) in [5, 5.41) is 0. The number of hydrogen-bond donors (Lipinski definition) is 0. The summed E-state index contributed by atoms with van der Waals surface area (Å²) in [5.74, 6) is 9.62. The van der Waals surface area contributed by atoms with Gasteiger partial charge < -0.3 is 14.2 Å². The van der Waals surface area contributed by atoms with E-state index in [2.05, 4.69) is 17.8 Å². The van der Waals surface area contributed by atoms with Gasteiger partial charge in [-0.1, -0.05) is 17.8 Å². The molecule has 0 atom stereocenters. The lowest BCUT2D eigenvalue weighted by molar-refractivity contribution is 0.205. The van der Waals surface area contributed by atoms with Crippen LogP contribution in [0.1, 0.15) is 5.56 Å². The van der Waals surface area contributed by atoms with Gasteiger partial charge in [0.2, 0.25) is 0 Å². The van der Waals surface area contributed by atoms with Gasteiger partial charge in [-0.25, -0.2) is 0 Å². The molecule has 0 spiro atoms. The summed E-state index contributed by atoms with van der Waals surface area (Å²) in [5.41, 5.74) is 0.760. The minimum atomic E-state index is 0.268. The smallest absolute Gasteiger partial charge is 0.134 e. The van der Waals surface area contributed by atoms with Crippen molar-refractivity contribution < 1.29 is 14.2 Å². The fraction of sp³-hybridized carbons (Fsp3) is 0.286. The first-order valence-electron chi connectivity index (χ1n) is 5.04. The topological polar surface area (TPSA) is 27.7 Å². The summed E-state index contributed by atoms with van der Waals surface area (Å²) >= 11 is 0. The lowest BCUT2D eigenvalue weighted by atomic mass is 10.2. The molecule has 0 saturated carbocycles. The Morgan fingerprint density at radius 2 is 2.00 bits per heavy atom. The second-order valence-electron chi connectivity index (χ2n) is 3.06. The molecule has 0 aliphatic heterocycles. The maximum absolute atomic E-state index is 5.19. The molecule has 3 heteroatoms. The lowest BCUT2D eigenvalue weighted by Gasteiger charge is -2.05. The normalized spacial score (nSPS) is 8.76. The molecule has 0 amide bonds. The van der Waals surface area contributed by atoms with E-state index in [4.69, 9.17) is 20.6 Å². The third-order valence-electron chi connectivity index (χ3n) is 1.99.